The number of nitrogens with one attached hydrogen (secondary N) is 1. The highest BCUT2D eigenvalue weighted by Gasteiger charge is 2.07. The second-order valence-electron chi connectivity index (χ2n) is 4.35. The van der Waals surface area contributed by atoms with Crippen LogP contribution in [0, 0.1) is 0 Å². The SMILES string of the molecule is Nc1nc(N)nc(SCC(=O)NCCc2ccc(Cl)cc2)n1. The van der Waals surface area contributed by atoms with Crippen molar-refractivity contribution in [2.45, 2.75) is 11.6 Å². The average molecular weight is 339 g/mol. The van der Waals surface area contributed by atoms with Crippen molar-refractivity contribution in [1.82, 2.24) is 20.3 Å². The van der Waals surface area contributed by atoms with E-state index in [1.54, 1.807) is 0 Å². The van der Waals surface area contributed by atoms with Gasteiger partial charge < -0.3 is 16.8 Å². The highest BCUT2D eigenvalue weighted by Crippen LogP contribution is 2.14. The minimum atomic E-state index is -0.114. The monoisotopic (exact) mass is 338 g/mol. The number of amides is 1. The predicted molar refractivity (Wildman–Crippen MR) is 87.5 cm³/mol. The van der Waals surface area contributed by atoms with E-state index in [4.69, 9.17) is 23.1 Å². The zero-order chi connectivity index (χ0) is 15.9. The summed E-state index contributed by atoms with van der Waals surface area (Å²) in [6.07, 6.45) is 0.735. The van der Waals surface area contributed by atoms with Gasteiger partial charge >= 0.3 is 0 Å². The van der Waals surface area contributed by atoms with Crippen molar-refractivity contribution in [2.24, 2.45) is 0 Å². The first-order valence-corrected chi connectivity index (χ1v) is 7.80. The van der Waals surface area contributed by atoms with Gasteiger partial charge in [-0.15, -0.1) is 0 Å². The molecule has 0 fully saturated rings. The molecule has 0 saturated heterocycles. The minimum absolute atomic E-state index is 0.0400. The van der Waals surface area contributed by atoms with Gasteiger partial charge in [-0.05, 0) is 24.1 Å². The Hall–Kier alpha value is -2.06. The van der Waals surface area contributed by atoms with Gasteiger partial charge in [0.05, 0.1) is 5.75 Å². The van der Waals surface area contributed by atoms with Crippen LogP contribution >= 0.6 is 23.4 Å². The lowest BCUT2D eigenvalue weighted by Crippen LogP contribution is -2.27. The van der Waals surface area contributed by atoms with Gasteiger partial charge in [0.15, 0.2) is 5.16 Å². The maximum absolute atomic E-state index is 11.7. The summed E-state index contributed by atoms with van der Waals surface area (Å²) in [5.74, 6) is 0.150. The van der Waals surface area contributed by atoms with Crippen LogP contribution in [0.1, 0.15) is 5.56 Å². The van der Waals surface area contributed by atoms with Crippen molar-refractivity contribution in [3.05, 3.63) is 34.9 Å². The molecule has 0 unspecified atom stereocenters. The predicted octanol–water partition coefficient (Wildman–Crippen LogP) is 1.14. The molecule has 116 valence electrons. The van der Waals surface area contributed by atoms with Gasteiger partial charge in [0, 0.05) is 11.6 Å². The zero-order valence-electron chi connectivity index (χ0n) is 11.6. The molecule has 7 nitrogen and oxygen atoms in total. The number of rotatable bonds is 6. The molecule has 22 heavy (non-hydrogen) atoms. The summed E-state index contributed by atoms with van der Waals surface area (Å²) < 4.78 is 0. The molecule has 0 aliphatic carbocycles. The average Bonchev–Trinajstić information content (AvgIpc) is 2.46. The van der Waals surface area contributed by atoms with Crippen LogP contribution in [0.3, 0.4) is 0 Å². The molecule has 2 aromatic rings. The molecular weight excluding hydrogens is 324 g/mol. The lowest BCUT2D eigenvalue weighted by Gasteiger charge is -2.05. The highest BCUT2D eigenvalue weighted by atomic mass is 35.5. The van der Waals surface area contributed by atoms with Crippen LogP contribution in [0.2, 0.25) is 5.02 Å². The van der Waals surface area contributed by atoms with Gasteiger partial charge in [0.25, 0.3) is 0 Å². The molecule has 0 aliphatic heterocycles. The molecule has 0 spiro atoms. The Balaban J connectivity index is 1.72. The van der Waals surface area contributed by atoms with Crippen LogP contribution in [0.15, 0.2) is 29.4 Å². The Bertz CT molecular complexity index is 631. The third-order valence-corrected chi connectivity index (χ3v) is 3.73. The molecule has 1 amide bonds. The molecule has 1 aromatic heterocycles. The van der Waals surface area contributed by atoms with Gasteiger partial charge in [-0.2, -0.15) is 15.0 Å². The Morgan fingerprint density at radius 3 is 2.41 bits per heavy atom. The summed E-state index contributed by atoms with van der Waals surface area (Å²) in [5, 5.41) is 3.84. The summed E-state index contributed by atoms with van der Waals surface area (Å²) in [6, 6.07) is 7.51. The summed E-state index contributed by atoms with van der Waals surface area (Å²) in [5.41, 5.74) is 12.0. The van der Waals surface area contributed by atoms with Gasteiger partial charge in [-0.3, -0.25) is 4.79 Å². The van der Waals surface area contributed by atoms with Crippen LogP contribution < -0.4 is 16.8 Å². The van der Waals surface area contributed by atoms with Crippen molar-refractivity contribution in [3.63, 3.8) is 0 Å². The molecule has 0 aliphatic rings. The number of nitrogen functional groups attached to an aromatic ring is 2. The van der Waals surface area contributed by atoms with Crippen molar-refractivity contribution >= 4 is 41.2 Å². The Labute approximate surface area is 136 Å². The third kappa shape index (κ3) is 5.38. The van der Waals surface area contributed by atoms with E-state index in [0.717, 1.165) is 23.7 Å². The number of nitrogens with zero attached hydrogens (tertiary/aromatic N) is 3. The van der Waals surface area contributed by atoms with Crippen molar-refractivity contribution in [1.29, 1.82) is 0 Å². The third-order valence-electron chi connectivity index (χ3n) is 2.63. The quantitative estimate of drug-likeness (QED) is 0.675. The first-order chi connectivity index (χ1) is 10.5. The molecule has 0 bridgehead atoms. The van der Waals surface area contributed by atoms with E-state index in [1.165, 1.54) is 0 Å². The highest BCUT2D eigenvalue weighted by molar-refractivity contribution is 7.99. The summed E-state index contributed by atoms with van der Waals surface area (Å²) in [4.78, 5) is 23.2. The minimum Gasteiger partial charge on any atom is -0.368 e. The maximum atomic E-state index is 11.7. The lowest BCUT2D eigenvalue weighted by atomic mass is 10.1. The van der Waals surface area contributed by atoms with Gasteiger partial charge in [-0.1, -0.05) is 35.5 Å². The second kappa shape index (κ2) is 7.81. The van der Waals surface area contributed by atoms with E-state index in [1.807, 2.05) is 24.3 Å². The molecule has 5 N–H and O–H groups in total. The first kappa shape index (κ1) is 16.3. The van der Waals surface area contributed by atoms with Gasteiger partial charge in [-0.25, -0.2) is 0 Å². The number of benzene rings is 1. The standard InChI is InChI=1S/C13H15ClN6OS/c14-9-3-1-8(2-4-9)5-6-17-10(21)7-22-13-19-11(15)18-12(16)20-13/h1-4H,5-7H2,(H,17,21)(H4,15,16,18,19,20). The van der Waals surface area contributed by atoms with Gasteiger partial charge in [0.1, 0.15) is 0 Å². The van der Waals surface area contributed by atoms with Crippen LogP contribution in [0.25, 0.3) is 0 Å². The zero-order valence-corrected chi connectivity index (χ0v) is 13.2. The summed E-state index contributed by atoms with van der Waals surface area (Å²) in [6.45, 7) is 0.544. The number of halogens is 1. The molecular formula is C13H15ClN6OS. The van der Waals surface area contributed by atoms with Crippen molar-refractivity contribution < 1.29 is 4.79 Å². The normalized spacial score (nSPS) is 10.4. The molecule has 9 heteroatoms. The fraction of sp³-hybridized carbons (Fsp3) is 0.231. The Morgan fingerprint density at radius 2 is 1.77 bits per heavy atom. The lowest BCUT2D eigenvalue weighted by molar-refractivity contribution is -0.118. The van der Waals surface area contributed by atoms with Crippen molar-refractivity contribution in [2.75, 3.05) is 23.8 Å². The first-order valence-electron chi connectivity index (χ1n) is 6.44. The molecule has 0 saturated carbocycles. The number of hydrogen-bond donors (Lipinski definition) is 3. The summed E-state index contributed by atoms with van der Waals surface area (Å²) in [7, 11) is 0. The van der Waals surface area contributed by atoms with E-state index in [-0.39, 0.29) is 23.6 Å². The fourth-order valence-corrected chi connectivity index (χ4v) is 2.44. The largest absolute Gasteiger partial charge is 0.368 e. The van der Waals surface area contributed by atoms with Crippen LogP contribution in [-0.2, 0) is 11.2 Å². The Morgan fingerprint density at radius 1 is 1.14 bits per heavy atom. The van der Waals surface area contributed by atoms with E-state index < -0.39 is 0 Å². The molecule has 0 radical (unpaired) electrons. The van der Waals surface area contributed by atoms with E-state index in [2.05, 4.69) is 20.3 Å². The van der Waals surface area contributed by atoms with Crippen LogP contribution in [0.5, 0.6) is 0 Å². The molecule has 1 heterocycles. The number of thioether (sulfide) groups is 1. The van der Waals surface area contributed by atoms with E-state index >= 15 is 0 Å². The van der Waals surface area contributed by atoms with Gasteiger partial charge in [0.2, 0.25) is 17.8 Å². The Kier molecular flexibility index (Phi) is 5.79. The van der Waals surface area contributed by atoms with Crippen LogP contribution in [0.4, 0.5) is 11.9 Å². The molecule has 1 aromatic carbocycles. The smallest absolute Gasteiger partial charge is 0.230 e. The fourth-order valence-electron chi connectivity index (χ4n) is 1.63. The van der Waals surface area contributed by atoms with Crippen molar-refractivity contribution in [3.8, 4) is 0 Å². The number of carbonyl (C=O) groups excluding carboxylic acids is 1. The number of carbonyl (C=O) groups is 1. The summed E-state index contributed by atoms with van der Waals surface area (Å²) >= 11 is 6.96. The maximum Gasteiger partial charge on any atom is 0.230 e. The van der Waals surface area contributed by atoms with E-state index in [0.29, 0.717) is 16.7 Å². The topological polar surface area (TPSA) is 120 Å². The molecule has 0 atom stereocenters. The number of hydrogen-bond acceptors (Lipinski definition) is 7. The molecule has 2 rings (SSSR count). The number of anilines is 2. The number of nitrogens with two attached hydrogens (primary N) is 2. The van der Waals surface area contributed by atoms with Crippen LogP contribution in [-0.4, -0.2) is 33.2 Å². The number of aromatic nitrogens is 3. The van der Waals surface area contributed by atoms with E-state index in [9.17, 15) is 4.79 Å². The second-order valence-corrected chi connectivity index (χ2v) is 5.73.